The largest absolute Gasteiger partial charge is 0.277 e. The van der Waals surface area contributed by atoms with E-state index in [2.05, 4.69) is 31.8 Å². The lowest BCUT2D eigenvalue weighted by Crippen LogP contribution is -2.33. The van der Waals surface area contributed by atoms with E-state index in [0.29, 0.717) is 11.0 Å². The molecule has 1 unspecified atom stereocenters. The van der Waals surface area contributed by atoms with Gasteiger partial charge >= 0.3 is 0 Å². The number of hydrogen-bond donors (Lipinski definition) is 0. The first-order valence-corrected chi connectivity index (χ1v) is 7.65. The molecule has 1 atom stereocenters. The fraction of sp³-hybridized carbons (Fsp3) is 0.333. The van der Waals surface area contributed by atoms with Gasteiger partial charge < -0.3 is 0 Å². The first-order chi connectivity index (χ1) is 9.94. The Morgan fingerprint density at radius 3 is 2.62 bits per heavy atom. The Hall–Kier alpha value is -1.67. The quantitative estimate of drug-likeness (QED) is 0.646. The van der Waals surface area contributed by atoms with Crippen LogP contribution in [0.15, 0.2) is 63.1 Å². The predicted octanol–water partition coefficient (Wildman–Crippen LogP) is 5.08. The molecule has 0 aromatic heterocycles. The van der Waals surface area contributed by atoms with Crippen LogP contribution in [-0.4, -0.2) is 17.0 Å². The van der Waals surface area contributed by atoms with Crippen LogP contribution in [-0.2, 0) is 0 Å². The van der Waals surface area contributed by atoms with Crippen molar-refractivity contribution in [2.24, 2.45) is 15.9 Å². The zero-order valence-corrected chi connectivity index (χ0v) is 13.4. The van der Waals surface area contributed by atoms with Crippen molar-refractivity contribution in [3.8, 4) is 0 Å². The minimum absolute atomic E-state index is 0.0475. The standard InChI is InChI=1S/C18H19ClN2/c1-12-11-18(2,3)21-17-15(12)9-14(10-16(17)19)20-13-7-5-4-6-8-13/h4-10,12H,11H2,1-3H3. The van der Waals surface area contributed by atoms with Gasteiger partial charge in [-0.2, -0.15) is 0 Å². The van der Waals surface area contributed by atoms with Gasteiger partial charge in [0.1, 0.15) is 0 Å². The second-order valence-corrected chi connectivity index (χ2v) is 6.75. The van der Waals surface area contributed by atoms with Crippen LogP contribution in [0, 0.1) is 5.92 Å². The number of allylic oxidation sites excluding steroid dienone is 4. The predicted molar refractivity (Wildman–Crippen MR) is 90.9 cm³/mol. The van der Waals surface area contributed by atoms with Gasteiger partial charge in [0, 0.05) is 0 Å². The summed E-state index contributed by atoms with van der Waals surface area (Å²) in [5, 5.41) is 0.696. The first-order valence-electron chi connectivity index (χ1n) is 7.28. The van der Waals surface area contributed by atoms with Gasteiger partial charge in [0.05, 0.1) is 27.7 Å². The zero-order valence-electron chi connectivity index (χ0n) is 12.6. The van der Waals surface area contributed by atoms with Gasteiger partial charge in [-0.05, 0) is 56.0 Å². The van der Waals surface area contributed by atoms with Crippen LogP contribution in [0.5, 0.6) is 0 Å². The maximum Gasteiger partial charge on any atom is 0.0803 e. The van der Waals surface area contributed by atoms with Crippen molar-refractivity contribution < 1.29 is 0 Å². The molecule has 0 N–H and O–H groups in total. The summed E-state index contributed by atoms with van der Waals surface area (Å²) < 4.78 is 0. The molecule has 0 saturated heterocycles. The molecule has 21 heavy (non-hydrogen) atoms. The zero-order chi connectivity index (χ0) is 15.0. The summed E-state index contributed by atoms with van der Waals surface area (Å²) in [5.41, 5.74) is 3.93. The molecule has 0 saturated carbocycles. The number of fused-ring (bicyclic) bond motifs is 1. The third kappa shape index (κ3) is 3.01. The number of rotatable bonds is 1. The van der Waals surface area contributed by atoms with E-state index in [9.17, 15) is 0 Å². The second kappa shape index (κ2) is 5.27. The molecular weight excluding hydrogens is 280 g/mol. The molecule has 0 radical (unpaired) electrons. The SMILES string of the molecule is CC1CC(C)(C)N=C2C(Cl)=CC(=Nc3ccccc3)C=C21. The second-order valence-electron chi connectivity index (χ2n) is 6.34. The maximum atomic E-state index is 6.45. The highest BCUT2D eigenvalue weighted by molar-refractivity contribution is 6.49. The molecule has 3 rings (SSSR count). The first kappa shape index (κ1) is 14.3. The molecule has 1 aromatic carbocycles. The lowest BCUT2D eigenvalue weighted by molar-refractivity contribution is 0.406. The fourth-order valence-corrected chi connectivity index (χ4v) is 3.29. The van der Waals surface area contributed by atoms with Crippen LogP contribution in [0.4, 0.5) is 5.69 Å². The summed E-state index contributed by atoms with van der Waals surface area (Å²) in [7, 11) is 0. The van der Waals surface area contributed by atoms with Crippen LogP contribution in [0.25, 0.3) is 0 Å². The van der Waals surface area contributed by atoms with Crippen molar-refractivity contribution in [2.45, 2.75) is 32.7 Å². The highest BCUT2D eigenvalue weighted by Crippen LogP contribution is 2.37. The Labute approximate surface area is 131 Å². The van der Waals surface area contributed by atoms with Gasteiger partial charge in [-0.1, -0.05) is 36.7 Å². The summed E-state index contributed by atoms with van der Waals surface area (Å²) in [4.78, 5) is 9.46. The molecule has 0 amide bonds. The molecule has 3 heteroatoms. The van der Waals surface area contributed by atoms with Crippen molar-refractivity contribution in [1.82, 2.24) is 0 Å². The minimum atomic E-state index is -0.0475. The van der Waals surface area contributed by atoms with Gasteiger partial charge in [0.25, 0.3) is 0 Å². The van der Waals surface area contributed by atoms with E-state index < -0.39 is 0 Å². The Morgan fingerprint density at radius 1 is 1.19 bits per heavy atom. The lowest BCUT2D eigenvalue weighted by atomic mass is 9.79. The maximum absolute atomic E-state index is 6.45. The molecule has 108 valence electrons. The van der Waals surface area contributed by atoms with Crippen LogP contribution in [0.3, 0.4) is 0 Å². The van der Waals surface area contributed by atoms with E-state index in [1.807, 2.05) is 36.4 Å². The summed E-state index contributed by atoms with van der Waals surface area (Å²) in [6.45, 7) is 6.55. The number of nitrogens with zero attached hydrogens (tertiary/aromatic N) is 2. The summed E-state index contributed by atoms with van der Waals surface area (Å²) in [6.07, 6.45) is 5.06. The summed E-state index contributed by atoms with van der Waals surface area (Å²) in [6, 6.07) is 9.94. The molecule has 1 aliphatic heterocycles. The normalized spacial score (nSPS) is 25.8. The van der Waals surface area contributed by atoms with Crippen molar-refractivity contribution in [1.29, 1.82) is 0 Å². The Kier molecular flexibility index (Phi) is 3.58. The minimum Gasteiger partial charge on any atom is -0.277 e. The van der Waals surface area contributed by atoms with E-state index in [0.717, 1.165) is 23.5 Å². The topological polar surface area (TPSA) is 24.7 Å². The van der Waals surface area contributed by atoms with Gasteiger partial charge in [-0.3, -0.25) is 4.99 Å². The van der Waals surface area contributed by atoms with Gasteiger partial charge in [-0.25, -0.2) is 4.99 Å². The highest BCUT2D eigenvalue weighted by atomic mass is 35.5. The molecule has 2 nitrogen and oxygen atoms in total. The highest BCUT2D eigenvalue weighted by Gasteiger charge is 2.33. The molecule has 1 aliphatic carbocycles. The lowest BCUT2D eigenvalue weighted by Gasteiger charge is -2.34. The van der Waals surface area contributed by atoms with Gasteiger partial charge in [0.2, 0.25) is 0 Å². The Balaban J connectivity index is 2.03. The summed E-state index contributed by atoms with van der Waals surface area (Å²) >= 11 is 6.45. The average Bonchev–Trinajstić information content (AvgIpc) is 2.41. The third-order valence-corrected chi connectivity index (χ3v) is 4.13. The van der Waals surface area contributed by atoms with E-state index in [4.69, 9.17) is 16.6 Å². The van der Waals surface area contributed by atoms with E-state index in [1.54, 1.807) is 0 Å². The number of aliphatic imine (C=N–C) groups is 2. The van der Waals surface area contributed by atoms with Crippen LogP contribution >= 0.6 is 11.6 Å². The molecule has 2 aliphatic rings. The van der Waals surface area contributed by atoms with Crippen LogP contribution in [0.1, 0.15) is 27.2 Å². The molecule has 1 heterocycles. The number of halogens is 1. The Morgan fingerprint density at radius 2 is 1.90 bits per heavy atom. The van der Waals surface area contributed by atoms with Gasteiger partial charge in [0.15, 0.2) is 0 Å². The smallest absolute Gasteiger partial charge is 0.0803 e. The summed E-state index contributed by atoms with van der Waals surface area (Å²) in [5.74, 6) is 0.441. The van der Waals surface area contributed by atoms with Crippen LogP contribution in [0.2, 0.25) is 0 Å². The van der Waals surface area contributed by atoms with Crippen molar-refractivity contribution >= 4 is 28.7 Å². The van der Waals surface area contributed by atoms with Gasteiger partial charge in [-0.15, -0.1) is 0 Å². The number of benzene rings is 1. The molecule has 0 fully saturated rings. The third-order valence-electron chi connectivity index (χ3n) is 3.84. The molecule has 0 bridgehead atoms. The average molecular weight is 299 g/mol. The van der Waals surface area contributed by atoms with E-state index in [1.165, 1.54) is 5.57 Å². The van der Waals surface area contributed by atoms with E-state index >= 15 is 0 Å². The number of hydrogen-bond acceptors (Lipinski definition) is 2. The molecule has 1 aromatic rings. The van der Waals surface area contributed by atoms with Crippen molar-refractivity contribution in [3.63, 3.8) is 0 Å². The molecular formula is C18H19ClN2. The fourth-order valence-electron chi connectivity index (χ4n) is 3.02. The van der Waals surface area contributed by atoms with Crippen molar-refractivity contribution in [3.05, 3.63) is 53.1 Å². The van der Waals surface area contributed by atoms with E-state index in [-0.39, 0.29) is 5.54 Å². The molecule has 0 spiro atoms. The van der Waals surface area contributed by atoms with Crippen LogP contribution < -0.4 is 0 Å². The monoisotopic (exact) mass is 298 g/mol. The Bertz CT molecular complexity index is 678. The number of para-hydroxylation sites is 1. The van der Waals surface area contributed by atoms with Crippen molar-refractivity contribution in [2.75, 3.05) is 0 Å².